The Bertz CT molecular complexity index is 916. The van der Waals surface area contributed by atoms with Crippen LogP contribution in [0.1, 0.15) is 11.1 Å². The number of aryl methyl sites for hydroxylation is 2. The Morgan fingerprint density at radius 2 is 1.52 bits per heavy atom. The molecule has 1 aromatic heterocycles. The van der Waals surface area contributed by atoms with Gasteiger partial charge in [0.1, 0.15) is 5.82 Å². The van der Waals surface area contributed by atoms with E-state index in [4.69, 9.17) is 4.98 Å². The van der Waals surface area contributed by atoms with Crippen LogP contribution in [0.2, 0.25) is 0 Å². The van der Waals surface area contributed by atoms with Crippen molar-refractivity contribution in [2.24, 2.45) is 0 Å². The molecule has 5 heteroatoms. The molecule has 1 fully saturated rings. The zero-order valence-electron chi connectivity index (χ0n) is 15.9. The van der Waals surface area contributed by atoms with Crippen molar-refractivity contribution in [2.45, 2.75) is 13.8 Å². The van der Waals surface area contributed by atoms with Crippen LogP contribution in [0.3, 0.4) is 0 Å². The summed E-state index contributed by atoms with van der Waals surface area (Å²) in [6.07, 6.45) is 1.83. The average molecular weight is 359 g/mol. The van der Waals surface area contributed by atoms with E-state index in [1.807, 2.05) is 18.3 Å². The number of piperazine rings is 1. The van der Waals surface area contributed by atoms with Crippen LogP contribution >= 0.6 is 0 Å². The molecular weight excluding hydrogens is 334 g/mol. The monoisotopic (exact) mass is 359 g/mol. The van der Waals surface area contributed by atoms with Gasteiger partial charge in [-0.1, -0.05) is 24.3 Å². The van der Waals surface area contributed by atoms with Crippen LogP contribution in [0.15, 0.2) is 60.8 Å². The first-order chi connectivity index (χ1) is 13.2. The highest BCUT2D eigenvalue weighted by molar-refractivity contribution is 5.58. The van der Waals surface area contributed by atoms with E-state index in [0.29, 0.717) is 0 Å². The fourth-order valence-corrected chi connectivity index (χ4v) is 3.43. The highest BCUT2D eigenvalue weighted by Crippen LogP contribution is 2.21. The molecule has 27 heavy (non-hydrogen) atoms. The number of anilines is 4. The topological polar surface area (TPSA) is 44.3 Å². The molecule has 5 nitrogen and oxygen atoms in total. The normalized spacial score (nSPS) is 14.3. The molecule has 0 radical (unpaired) electrons. The van der Waals surface area contributed by atoms with Gasteiger partial charge in [-0.25, -0.2) is 4.98 Å². The predicted octanol–water partition coefficient (Wildman–Crippen LogP) is 4.16. The largest absolute Gasteiger partial charge is 0.368 e. The molecule has 2 aromatic carbocycles. The molecule has 1 aliphatic rings. The van der Waals surface area contributed by atoms with E-state index in [1.54, 1.807) is 0 Å². The van der Waals surface area contributed by atoms with E-state index >= 15 is 0 Å². The minimum Gasteiger partial charge on any atom is -0.368 e. The molecule has 0 spiro atoms. The van der Waals surface area contributed by atoms with Crippen LogP contribution in [0.25, 0.3) is 0 Å². The van der Waals surface area contributed by atoms with Crippen molar-refractivity contribution >= 4 is 23.1 Å². The Morgan fingerprint density at radius 1 is 0.815 bits per heavy atom. The predicted molar refractivity (Wildman–Crippen MR) is 112 cm³/mol. The molecule has 1 saturated heterocycles. The lowest BCUT2D eigenvalue weighted by atomic mass is 10.2. The molecule has 1 N–H and O–H groups in total. The van der Waals surface area contributed by atoms with Gasteiger partial charge in [0.05, 0.1) is 0 Å². The Balaban J connectivity index is 1.42. The molecule has 2 heterocycles. The Morgan fingerprint density at radius 3 is 2.26 bits per heavy atom. The average Bonchev–Trinajstić information content (AvgIpc) is 2.68. The summed E-state index contributed by atoms with van der Waals surface area (Å²) in [5.74, 6) is 1.61. The minimum absolute atomic E-state index is 0.788. The summed E-state index contributed by atoms with van der Waals surface area (Å²) in [7, 11) is 0. The maximum absolute atomic E-state index is 4.72. The number of benzene rings is 2. The van der Waals surface area contributed by atoms with Crippen molar-refractivity contribution in [3.8, 4) is 0 Å². The molecule has 138 valence electrons. The van der Waals surface area contributed by atoms with Gasteiger partial charge in [0, 0.05) is 43.8 Å². The van der Waals surface area contributed by atoms with E-state index in [2.05, 4.69) is 76.4 Å². The van der Waals surface area contributed by atoms with Crippen LogP contribution in [-0.4, -0.2) is 36.1 Å². The van der Waals surface area contributed by atoms with Crippen LogP contribution in [0.5, 0.6) is 0 Å². The fourth-order valence-electron chi connectivity index (χ4n) is 3.43. The Labute approximate surface area is 160 Å². The molecule has 0 bridgehead atoms. The third kappa shape index (κ3) is 4.19. The summed E-state index contributed by atoms with van der Waals surface area (Å²) < 4.78 is 0. The molecule has 0 atom stereocenters. The van der Waals surface area contributed by atoms with E-state index in [1.165, 1.54) is 16.8 Å². The van der Waals surface area contributed by atoms with Gasteiger partial charge in [-0.2, -0.15) is 4.98 Å². The van der Waals surface area contributed by atoms with E-state index in [9.17, 15) is 0 Å². The third-order valence-electron chi connectivity index (χ3n) is 4.86. The fraction of sp³-hybridized carbons (Fsp3) is 0.273. The lowest BCUT2D eigenvalue weighted by Crippen LogP contribution is -2.47. The van der Waals surface area contributed by atoms with Gasteiger partial charge in [0.25, 0.3) is 0 Å². The molecule has 0 amide bonds. The first-order valence-corrected chi connectivity index (χ1v) is 9.41. The molecule has 4 rings (SSSR count). The SMILES string of the molecule is Cc1cccc(Nc2ccnc(N3CCN(c4cccc(C)c4)CC3)n2)c1. The first-order valence-electron chi connectivity index (χ1n) is 9.41. The quantitative estimate of drug-likeness (QED) is 0.758. The van der Waals surface area contributed by atoms with Crippen LogP contribution in [0, 0.1) is 13.8 Å². The van der Waals surface area contributed by atoms with Gasteiger partial charge in [0.15, 0.2) is 0 Å². The number of nitrogens with one attached hydrogen (secondary N) is 1. The lowest BCUT2D eigenvalue weighted by molar-refractivity contribution is 0.640. The minimum atomic E-state index is 0.788. The molecule has 0 unspecified atom stereocenters. The van der Waals surface area contributed by atoms with Gasteiger partial charge in [-0.15, -0.1) is 0 Å². The lowest BCUT2D eigenvalue weighted by Gasteiger charge is -2.36. The number of aromatic nitrogens is 2. The second-order valence-corrected chi connectivity index (χ2v) is 7.05. The van der Waals surface area contributed by atoms with Gasteiger partial charge in [-0.3, -0.25) is 0 Å². The maximum Gasteiger partial charge on any atom is 0.227 e. The zero-order valence-corrected chi connectivity index (χ0v) is 15.9. The second-order valence-electron chi connectivity index (χ2n) is 7.05. The van der Waals surface area contributed by atoms with Crippen LogP contribution in [0.4, 0.5) is 23.1 Å². The summed E-state index contributed by atoms with van der Waals surface area (Å²) in [5, 5.41) is 3.38. The van der Waals surface area contributed by atoms with Gasteiger partial charge in [-0.05, 0) is 55.3 Å². The molecule has 1 aliphatic heterocycles. The van der Waals surface area contributed by atoms with Gasteiger partial charge in [0.2, 0.25) is 5.95 Å². The van der Waals surface area contributed by atoms with E-state index in [0.717, 1.165) is 43.6 Å². The smallest absolute Gasteiger partial charge is 0.227 e. The summed E-state index contributed by atoms with van der Waals surface area (Å²) in [5.41, 5.74) is 4.86. The van der Waals surface area contributed by atoms with Crippen molar-refractivity contribution < 1.29 is 0 Å². The molecule has 0 saturated carbocycles. The van der Waals surface area contributed by atoms with Gasteiger partial charge < -0.3 is 15.1 Å². The maximum atomic E-state index is 4.72. The van der Waals surface area contributed by atoms with Crippen molar-refractivity contribution in [1.29, 1.82) is 0 Å². The van der Waals surface area contributed by atoms with Crippen LogP contribution < -0.4 is 15.1 Å². The van der Waals surface area contributed by atoms with E-state index in [-0.39, 0.29) is 0 Å². The number of nitrogens with zero attached hydrogens (tertiary/aromatic N) is 4. The van der Waals surface area contributed by atoms with Crippen molar-refractivity contribution in [3.63, 3.8) is 0 Å². The zero-order chi connectivity index (χ0) is 18.6. The van der Waals surface area contributed by atoms with E-state index < -0.39 is 0 Å². The highest BCUT2D eigenvalue weighted by atomic mass is 15.3. The standard InChI is InChI=1S/C22H25N5/c1-17-5-3-7-19(15-17)24-21-9-10-23-22(25-21)27-13-11-26(12-14-27)20-8-4-6-18(2)16-20/h3-10,15-16H,11-14H2,1-2H3,(H,23,24,25). The second kappa shape index (κ2) is 7.66. The van der Waals surface area contributed by atoms with Crippen molar-refractivity contribution in [2.75, 3.05) is 41.3 Å². The molecule has 0 aliphatic carbocycles. The molecule has 3 aromatic rings. The number of rotatable bonds is 4. The summed E-state index contributed by atoms with van der Waals surface area (Å²) in [6.45, 7) is 8.01. The summed E-state index contributed by atoms with van der Waals surface area (Å²) >= 11 is 0. The van der Waals surface area contributed by atoms with Crippen molar-refractivity contribution in [1.82, 2.24) is 9.97 Å². The molecular formula is C22H25N5. The highest BCUT2D eigenvalue weighted by Gasteiger charge is 2.19. The number of hydrogen-bond acceptors (Lipinski definition) is 5. The third-order valence-corrected chi connectivity index (χ3v) is 4.86. The van der Waals surface area contributed by atoms with Crippen molar-refractivity contribution in [3.05, 3.63) is 71.9 Å². The first kappa shape index (κ1) is 17.3. The Hall–Kier alpha value is -3.08. The summed E-state index contributed by atoms with van der Waals surface area (Å²) in [4.78, 5) is 13.9. The number of hydrogen-bond donors (Lipinski definition) is 1. The summed E-state index contributed by atoms with van der Waals surface area (Å²) in [6, 6.07) is 18.9. The van der Waals surface area contributed by atoms with Crippen LogP contribution in [-0.2, 0) is 0 Å². The van der Waals surface area contributed by atoms with Gasteiger partial charge >= 0.3 is 0 Å². The Kier molecular flexibility index (Phi) is 4.92.